The Hall–Kier alpha value is -9.12. The quantitative estimate of drug-likeness (QED) is 0.153. The van der Waals surface area contributed by atoms with Crippen molar-refractivity contribution in [1.29, 1.82) is 0 Å². The van der Waals surface area contributed by atoms with Crippen LogP contribution in [0.1, 0.15) is 0 Å². The molecule has 68 heavy (non-hydrogen) atoms. The largest absolute Gasteiger partial charge is 0.309 e. The Morgan fingerprint density at radius 3 is 1.22 bits per heavy atom. The number of aromatic nitrogens is 4. The van der Waals surface area contributed by atoms with Crippen LogP contribution in [0, 0.1) is 0 Å². The third kappa shape index (κ3) is 6.69. The number of rotatable bonds is 8. The summed E-state index contributed by atoms with van der Waals surface area (Å²) in [4.78, 5) is 10.5. The van der Waals surface area contributed by atoms with E-state index in [4.69, 9.17) is 9.97 Å². The summed E-state index contributed by atoms with van der Waals surface area (Å²) >= 11 is 0. The minimum atomic E-state index is 0.685. The molecule has 0 saturated carbocycles. The van der Waals surface area contributed by atoms with Crippen molar-refractivity contribution in [1.82, 2.24) is 19.1 Å². The molecule has 0 bridgehead atoms. The minimum Gasteiger partial charge on any atom is -0.309 e. The molecule has 0 N–H and O–H groups in total. The second-order valence-electron chi connectivity index (χ2n) is 17.3. The first-order chi connectivity index (χ1) is 33.7. The number of para-hydroxylation sites is 3. The number of benzene rings is 10. The molecule has 0 fully saturated rings. The van der Waals surface area contributed by atoms with Gasteiger partial charge in [-0.1, -0.05) is 200 Å². The number of fused-ring (bicyclic) bond motifs is 6. The Morgan fingerprint density at radius 1 is 0.235 bits per heavy atom. The molecule has 3 heterocycles. The van der Waals surface area contributed by atoms with Crippen molar-refractivity contribution in [2.45, 2.75) is 0 Å². The van der Waals surface area contributed by atoms with E-state index in [0.717, 1.165) is 72.6 Å². The van der Waals surface area contributed by atoms with Gasteiger partial charge in [0.2, 0.25) is 0 Å². The number of nitrogens with zero attached hydrogens (tertiary/aromatic N) is 4. The van der Waals surface area contributed by atoms with Crippen molar-refractivity contribution in [2.24, 2.45) is 0 Å². The lowest BCUT2D eigenvalue weighted by molar-refractivity contribution is 1.15. The van der Waals surface area contributed by atoms with Gasteiger partial charge in [0.15, 0.2) is 5.82 Å². The summed E-state index contributed by atoms with van der Waals surface area (Å²) in [7, 11) is 0. The summed E-state index contributed by atoms with van der Waals surface area (Å²) in [6.45, 7) is 0. The molecule has 0 radical (unpaired) electrons. The zero-order chi connectivity index (χ0) is 45.0. The second kappa shape index (κ2) is 16.4. The molecule has 318 valence electrons. The molecule has 0 aliphatic rings. The van der Waals surface area contributed by atoms with E-state index in [1.54, 1.807) is 0 Å². The molecule has 4 heteroatoms. The van der Waals surface area contributed by atoms with Gasteiger partial charge in [0.1, 0.15) is 0 Å². The lowest BCUT2D eigenvalue weighted by atomic mass is 9.97. The van der Waals surface area contributed by atoms with Gasteiger partial charge in [-0.05, 0) is 76.9 Å². The highest BCUT2D eigenvalue weighted by Gasteiger charge is 2.22. The molecule has 10 aromatic carbocycles. The predicted octanol–water partition coefficient (Wildman–Crippen LogP) is 16.7. The van der Waals surface area contributed by atoms with Gasteiger partial charge >= 0.3 is 0 Å². The highest BCUT2D eigenvalue weighted by atomic mass is 15.0. The lowest BCUT2D eigenvalue weighted by Gasteiger charge is -2.20. The van der Waals surface area contributed by atoms with Gasteiger partial charge in [0, 0.05) is 49.4 Å². The highest BCUT2D eigenvalue weighted by Crippen LogP contribution is 2.43. The Balaban J connectivity index is 1.08. The van der Waals surface area contributed by atoms with Crippen LogP contribution in [0.2, 0.25) is 0 Å². The van der Waals surface area contributed by atoms with Crippen molar-refractivity contribution in [3.8, 4) is 78.7 Å². The SMILES string of the molecule is c1ccc(-c2ccc3c(c2)c2ccccc2n3-c2ccccc2-c2ccc(-c3cc(-c4ccccc4)nc(-c4ccccc4)n3)cc2-n2c3ccccc3c3cc(-c4ccccc4)ccc32)cc1. The maximum Gasteiger partial charge on any atom is 0.160 e. The van der Waals surface area contributed by atoms with Gasteiger partial charge in [-0.15, -0.1) is 0 Å². The molecule has 0 atom stereocenters. The third-order valence-electron chi connectivity index (χ3n) is 13.4. The maximum atomic E-state index is 5.33. The molecule has 0 aliphatic heterocycles. The average molecular weight is 867 g/mol. The zero-order valence-corrected chi connectivity index (χ0v) is 37.0. The smallest absolute Gasteiger partial charge is 0.160 e. The standard InChI is InChI=1S/C64H42N4/c1-5-19-43(20-6-1)47-34-37-61-54(39-47)51-28-14-17-31-59(51)67(61)58-30-16-13-27-50(58)53-36-33-49(57-42-56(45-23-9-3-10-24-45)65-64(66-57)46-25-11-4-12-26-46)41-63(53)68-60-32-18-15-29-52(60)55-40-48(35-38-62(55)68)44-21-7-2-8-22-44/h1-42H. The molecule has 4 nitrogen and oxygen atoms in total. The van der Waals surface area contributed by atoms with Crippen LogP contribution >= 0.6 is 0 Å². The fourth-order valence-corrected chi connectivity index (χ4v) is 10.2. The van der Waals surface area contributed by atoms with E-state index in [1.807, 2.05) is 24.3 Å². The highest BCUT2D eigenvalue weighted by molar-refractivity contribution is 6.13. The van der Waals surface area contributed by atoms with E-state index >= 15 is 0 Å². The monoisotopic (exact) mass is 866 g/mol. The van der Waals surface area contributed by atoms with E-state index in [2.05, 4.69) is 240 Å². The van der Waals surface area contributed by atoms with E-state index in [0.29, 0.717) is 5.82 Å². The molecule has 13 rings (SSSR count). The van der Waals surface area contributed by atoms with Crippen LogP contribution in [0.25, 0.3) is 122 Å². The van der Waals surface area contributed by atoms with Crippen molar-refractivity contribution in [2.75, 3.05) is 0 Å². The molecule has 0 amide bonds. The molecular weight excluding hydrogens is 825 g/mol. The fourth-order valence-electron chi connectivity index (χ4n) is 10.2. The van der Waals surface area contributed by atoms with Crippen LogP contribution < -0.4 is 0 Å². The minimum absolute atomic E-state index is 0.685. The maximum absolute atomic E-state index is 5.33. The van der Waals surface area contributed by atoms with Crippen molar-refractivity contribution in [3.05, 3.63) is 255 Å². The summed E-state index contributed by atoms with van der Waals surface area (Å²) in [6, 6.07) is 91.3. The fraction of sp³-hybridized carbons (Fsp3) is 0. The molecular formula is C64H42N4. The topological polar surface area (TPSA) is 35.6 Å². The molecule has 0 spiro atoms. The molecule has 3 aromatic heterocycles. The summed E-state index contributed by atoms with van der Waals surface area (Å²) < 4.78 is 4.91. The van der Waals surface area contributed by atoms with Gasteiger partial charge in [-0.3, -0.25) is 0 Å². The summed E-state index contributed by atoms with van der Waals surface area (Å²) in [5.74, 6) is 0.685. The third-order valence-corrected chi connectivity index (χ3v) is 13.4. The van der Waals surface area contributed by atoms with Crippen LogP contribution in [0.4, 0.5) is 0 Å². The van der Waals surface area contributed by atoms with Crippen LogP contribution in [0.15, 0.2) is 255 Å². The van der Waals surface area contributed by atoms with Gasteiger partial charge in [0.25, 0.3) is 0 Å². The van der Waals surface area contributed by atoms with Crippen molar-refractivity contribution in [3.63, 3.8) is 0 Å². The molecule has 0 unspecified atom stereocenters. The molecule has 0 aliphatic carbocycles. The van der Waals surface area contributed by atoms with Gasteiger partial charge < -0.3 is 9.13 Å². The Bertz CT molecular complexity index is 3940. The first-order valence-corrected chi connectivity index (χ1v) is 23.2. The summed E-state index contributed by atoms with van der Waals surface area (Å²) in [5, 5.41) is 4.83. The van der Waals surface area contributed by atoms with Crippen LogP contribution in [-0.2, 0) is 0 Å². The average Bonchev–Trinajstić information content (AvgIpc) is 3.93. The summed E-state index contributed by atoms with van der Waals surface area (Å²) in [5.41, 5.74) is 18.5. The Labute approximate surface area is 394 Å². The van der Waals surface area contributed by atoms with E-state index in [9.17, 15) is 0 Å². The first-order valence-electron chi connectivity index (χ1n) is 23.2. The first kappa shape index (κ1) is 39.3. The van der Waals surface area contributed by atoms with E-state index in [1.165, 1.54) is 43.8 Å². The van der Waals surface area contributed by atoms with Gasteiger partial charge in [-0.2, -0.15) is 0 Å². The van der Waals surface area contributed by atoms with Gasteiger partial charge in [-0.25, -0.2) is 9.97 Å². The Morgan fingerprint density at radius 2 is 0.647 bits per heavy atom. The number of hydrogen-bond acceptors (Lipinski definition) is 2. The van der Waals surface area contributed by atoms with Crippen LogP contribution in [-0.4, -0.2) is 19.1 Å². The van der Waals surface area contributed by atoms with Crippen LogP contribution in [0.5, 0.6) is 0 Å². The molecule has 13 aromatic rings. The normalized spacial score (nSPS) is 11.5. The van der Waals surface area contributed by atoms with E-state index in [-0.39, 0.29) is 0 Å². The second-order valence-corrected chi connectivity index (χ2v) is 17.3. The number of hydrogen-bond donors (Lipinski definition) is 0. The predicted molar refractivity (Wildman–Crippen MR) is 283 cm³/mol. The summed E-state index contributed by atoms with van der Waals surface area (Å²) in [6.07, 6.45) is 0. The van der Waals surface area contributed by atoms with Crippen molar-refractivity contribution < 1.29 is 0 Å². The van der Waals surface area contributed by atoms with Gasteiger partial charge in [0.05, 0.1) is 44.8 Å². The van der Waals surface area contributed by atoms with Crippen molar-refractivity contribution >= 4 is 43.6 Å². The van der Waals surface area contributed by atoms with Crippen LogP contribution in [0.3, 0.4) is 0 Å². The Kier molecular flexibility index (Phi) is 9.47. The van der Waals surface area contributed by atoms with E-state index < -0.39 is 0 Å². The molecule has 0 saturated heterocycles. The zero-order valence-electron chi connectivity index (χ0n) is 37.0. The lowest BCUT2D eigenvalue weighted by Crippen LogP contribution is -2.02.